The van der Waals surface area contributed by atoms with E-state index in [-0.39, 0.29) is 18.4 Å². The van der Waals surface area contributed by atoms with Gasteiger partial charge in [0.25, 0.3) is 11.8 Å². The van der Waals surface area contributed by atoms with Gasteiger partial charge < -0.3 is 25.2 Å². The number of anilines is 3. The maximum atomic E-state index is 12.9. The van der Waals surface area contributed by atoms with Gasteiger partial charge in [0.1, 0.15) is 5.82 Å². The van der Waals surface area contributed by atoms with Gasteiger partial charge in [0.2, 0.25) is 5.82 Å². The Balaban J connectivity index is 1.36. The molecule has 5 aromatic rings. The number of nitrogens with one attached hydrogen (secondary N) is 2. The van der Waals surface area contributed by atoms with Crippen LogP contribution in [-0.4, -0.2) is 49.2 Å². The SMILES string of the molecule is CCN1C(=O)c2ccc(Nc3cc(N[C@H](CO)c4ccccc4)c(-c4nc(-c5cccnc5)no4)cn3)cc2C1(C)C. The van der Waals surface area contributed by atoms with Crippen molar-refractivity contribution in [2.75, 3.05) is 23.8 Å². The number of carbonyl (C=O) groups is 1. The van der Waals surface area contributed by atoms with Crippen LogP contribution in [0.25, 0.3) is 22.8 Å². The molecule has 0 fully saturated rings. The van der Waals surface area contributed by atoms with Gasteiger partial charge in [-0.15, -0.1) is 0 Å². The molecule has 0 spiro atoms. The van der Waals surface area contributed by atoms with Crippen LogP contribution in [0.2, 0.25) is 0 Å². The molecule has 42 heavy (non-hydrogen) atoms. The first-order valence-electron chi connectivity index (χ1n) is 13.8. The quantitative estimate of drug-likeness (QED) is 0.205. The lowest BCUT2D eigenvalue weighted by Crippen LogP contribution is -2.38. The predicted octanol–water partition coefficient (Wildman–Crippen LogP) is 5.79. The van der Waals surface area contributed by atoms with Crippen molar-refractivity contribution in [1.82, 2.24) is 25.0 Å². The van der Waals surface area contributed by atoms with Gasteiger partial charge in [0.05, 0.1) is 29.4 Å². The molecule has 1 aliphatic rings. The second kappa shape index (κ2) is 11.1. The van der Waals surface area contributed by atoms with Crippen molar-refractivity contribution in [1.29, 1.82) is 0 Å². The maximum absolute atomic E-state index is 12.9. The second-order valence-corrected chi connectivity index (χ2v) is 10.6. The monoisotopic (exact) mass is 561 g/mol. The number of aliphatic hydroxyl groups excluding tert-OH is 1. The van der Waals surface area contributed by atoms with Gasteiger partial charge >= 0.3 is 0 Å². The number of aliphatic hydroxyl groups is 1. The zero-order valence-corrected chi connectivity index (χ0v) is 23.6. The molecule has 2 aromatic carbocycles. The zero-order chi connectivity index (χ0) is 29.3. The van der Waals surface area contributed by atoms with E-state index in [1.807, 2.05) is 78.6 Å². The fourth-order valence-electron chi connectivity index (χ4n) is 5.41. The molecule has 1 amide bonds. The highest BCUT2D eigenvalue weighted by Crippen LogP contribution is 2.40. The number of fused-ring (bicyclic) bond motifs is 1. The number of hydrogen-bond donors (Lipinski definition) is 3. The maximum Gasteiger partial charge on any atom is 0.261 e. The summed E-state index contributed by atoms with van der Waals surface area (Å²) in [6.07, 6.45) is 5.01. The van der Waals surface area contributed by atoms with Crippen LogP contribution in [0.1, 0.15) is 48.3 Å². The Morgan fingerprint density at radius 3 is 2.60 bits per heavy atom. The van der Waals surface area contributed by atoms with E-state index in [0.29, 0.717) is 35.0 Å². The van der Waals surface area contributed by atoms with Gasteiger partial charge in [-0.2, -0.15) is 4.98 Å². The lowest BCUT2D eigenvalue weighted by Gasteiger charge is -2.31. The van der Waals surface area contributed by atoms with E-state index < -0.39 is 11.6 Å². The summed E-state index contributed by atoms with van der Waals surface area (Å²) in [4.78, 5) is 28.2. The Labute approximate surface area is 243 Å². The average molecular weight is 562 g/mol. The van der Waals surface area contributed by atoms with Crippen molar-refractivity contribution in [2.24, 2.45) is 0 Å². The van der Waals surface area contributed by atoms with Gasteiger partial charge in [-0.1, -0.05) is 35.5 Å². The van der Waals surface area contributed by atoms with E-state index in [0.717, 1.165) is 22.4 Å². The van der Waals surface area contributed by atoms with Crippen LogP contribution in [0.4, 0.5) is 17.2 Å². The van der Waals surface area contributed by atoms with E-state index in [4.69, 9.17) is 4.52 Å². The summed E-state index contributed by atoms with van der Waals surface area (Å²) < 4.78 is 5.64. The molecule has 4 heterocycles. The molecule has 0 bridgehead atoms. The molecule has 3 aromatic heterocycles. The summed E-state index contributed by atoms with van der Waals surface area (Å²) in [6.45, 7) is 6.60. The van der Waals surface area contributed by atoms with Crippen molar-refractivity contribution in [3.8, 4) is 22.8 Å². The van der Waals surface area contributed by atoms with Gasteiger partial charge in [0.15, 0.2) is 0 Å². The van der Waals surface area contributed by atoms with Crippen molar-refractivity contribution < 1.29 is 14.4 Å². The van der Waals surface area contributed by atoms with Crippen molar-refractivity contribution in [2.45, 2.75) is 32.4 Å². The smallest absolute Gasteiger partial charge is 0.261 e. The van der Waals surface area contributed by atoms with E-state index in [1.54, 1.807) is 18.6 Å². The number of hydrogen-bond acceptors (Lipinski definition) is 9. The van der Waals surface area contributed by atoms with Crippen LogP contribution in [0.3, 0.4) is 0 Å². The Bertz CT molecular complexity index is 1720. The van der Waals surface area contributed by atoms with E-state index in [9.17, 15) is 9.90 Å². The summed E-state index contributed by atoms with van der Waals surface area (Å²) in [5, 5.41) is 21.2. The Kier molecular flexibility index (Phi) is 7.13. The van der Waals surface area contributed by atoms with Gasteiger partial charge in [-0.3, -0.25) is 9.78 Å². The number of amides is 1. The molecule has 212 valence electrons. The Hall–Kier alpha value is -5.09. The number of pyridine rings is 2. The largest absolute Gasteiger partial charge is 0.394 e. The minimum absolute atomic E-state index is 0.0409. The molecule has 0 saturated heterocycles. The highest BCUT2D eigenvalue weighted by molar-refractivity contribution is 6.00. The van der Waals surface area contributed by atoms with Gasteiger partial charge in [-0.05, 0) is 62.2 Å². The molecule has 0 unspecified atom stereocenters. The second-order valence-electron chi connectivity index (χ2n) is 10.6. The van der Waals surface area contributed by atoms with Gasteiger partial charge in [-0.25, -0.2) is 4.98 Å². The van der Waals surface area contributed by atoms with Crippen molar-refractivity contribution in [3.05, 3.63) is 102 Å². The van der Waals surface area contributed by atoms with Crippen LogP contribution in [0.5, 0.6) is 0 Å². The molecule has 1 atom stereocenters. The lowest BCUT2D eigenvalue weighted by atomic mass is 9.93. The van der Waals surface area contributed by atoms with Crippen molar-refractivity contribution in [3.63, 3.8) is 0 Å². The molecule has 10 heteroatoms. The van der Waals surface area contributed by atoms with E-state index in [2.05, 4.69) is 44.6 Å². The Morgan fingerprint density at radius 1 is 1.02 bits per heavy atom. The van der Waals surface area contributed by atoms with Crippen LogP contribution in [0, 0.1) is 0 Å². The number of benzene rings is 2. The lowest BCUT2D eigenvalue weighted by molar-refractivity contribution is 0.0635. The standard InChI is InChI=1S/C32H31N7O3/c1-4-39-31(41)23-13-12-22(15-25(23)32(39,2)3)35-28-16-26(36-27(19-40)20-9-6-5-7-10-20)24(18-34-28)30-37-29(38-42-30)21-11-8-14-33-17-21/h5-18,27,40H,4,19H2,1-3H3,(H2,34,35,36)/t27-/m1/s1. The third-order valence-electron chi connectivity index (χ3n) is 7.61. The van der Waals surface area contributed by atoms with Crippen LogP contribution in [-0.2, 0) is 5.54 Å². The van der Waals surface area contributed by atoms with E-state index >= 15 is 0 Å². The molecule has 1 aliphatic heterocycles. The molecule has 6 rings (SSSR count). The summed E-state index contributed by atoms with van der Waals surface area (Å²) in [6, 6.07) is 20.6. The van der Waals surface area contributed by atoms with Crippen LogP contribution in [0.15, 0.2) is 89.8 Å². The molecule has 10 nitrogen and oxygen atoms in total. The highest BCUT2D eigenvalue weighted by atomic mass is 16.5. The van der Waals surface area contributed by atoms with Crippen LogP contribution < -0.4 is 10.6 Å². The minimum atomic E-state index is -0.420. The van der Waals surface area contributed by atoms with E-state index in [1.165, 1.54) is 0 Å². The fourth-order valence-corrected chi connectivity index (χ4v) is 5.41. The number of aromatic nitrogens is 4. The number of carbonyl (C=O) groups excluding carboxylic acids is 1. The first kappa shape index (κ1) is 27.1. The van der Waals surface area contributed by atoms with Crippen molar-refractivity contribution >= 4 is 23.1 Å². The van der Waals surface area contributed by atoms with Gasteiger partial charge in [0, 0.05) is 48.0 Å². The first-order chi connectivity index (χ1) is 20.4. The molecule has 0 radical (unpaired) electrons. The zero-order valence-electron chi connectivity index (χ0n) is 23.6. The third kappa shape index (κ3) is 4.97. The molecule has 0 saturated carbocycles. The highest BCUT2D eigenvalue weighted by Gasteiger charge is 2.42. The summed E-state index contributed by atoms with van der Waals surface area (Å²) in [5.74, 6) is 1.29. The normalized spacial score (nSPS) is 14.5. The molecule has 0 aliphatic carbocycles. The summed E-state index contributed by atoms with van der Waals surface area (Å²) in [5.41, 5.74) is 4.94. The summed E-state index contributed by atoms with van der Waals surface area (Å²) >= 11 is 0. The molecular weight excluding hydrogens is 530 g/mol. The predicted molar refractivity (Wildman–Crippen MR) is 160 cm³/mol. The van der Waals surface area contributed by atoms with Crippen LogP contribution >= 0.6 is 0 Å². The fraction of sp³-hybridized carbons (Fsp3) is 0.219. The topological polar surface area (TPSA) is 129 Å². The summed E-state index contributed by atoms with van der Waals surface area (Å²) in [7, 11) is 0. The Morgan fingerprint density at radius 2 is 1.86 bits per heavy atom. The molecular formula is C32H31N7O3. The number of rotatable bonds is 9. The number of nitrogens with zero attached hydrogens (tertiary/aromatic N) is 5. The minimum Gasteiger partial charge on any atom is -0.394 e. The molecule has 3 N–H and O–H groups in total. The average Bonchev–Trinajstić information content (AvgIpc) is 3.57. The third-order valence-corrected chi connectivity index (χ3v) is 7.61. The first-order valence-corrected chi connectivity index (χ1v) is 13.8.